The molecule has 2 N–H and O–H groups in total. The van der Waals surface area contributed by atoms with E-state index in [1.165, 1.54) is 5.56 Å². The summed E-state index contributed by atoms with van der Waals surface area (Å²) in [4.78, 5) is 73.7. The number of nitrogens with one attached hydrogen (secondary N) is 2. The monoisotopic (exact) mass is 1650 g/mol. The molecule has 640 valence electrons. The lowest BCUT2D eigenvalue weighted by Crippen LogP contribution is -2.39. The lowest BCUT2D eigenvalue weighted by molar-refractivity contribution is -0.160. The Morgan fingerprint density at radius 2 is 0.664 bits per heavy atom. The van der Waals surface area contributed by atoms with E-state index in [0.717, 1.165) is 132 Å². The van der Waals surface area contributed by atoms with E-state index in [4.69, 9.17) is 37.9 Å². The van der Waals surface area contributed by atoms with Crippen molar-refractivity contribution in [1.82, 2.24) is 0 Å². The normalized spacial score (nSPS) is 11.6. The molecule has 0 atom stereocenters. The quantitative estimate of drug-likeness (QED) is 0.00901. The molecule has 0 spiro atoms. The van der Waals surface area contributed by atoms with Crippen LogP contribution in [0.1, 0.15) is 208 Å². The molecule has 0 radical (unpaired) electrons. The number of carbonyl (C=O) groups is 6. The molecule has 10 aromatic rings. The predicted molar refractivity (Wildman–Crippen MR) is 484 cm³/mol. The van der Waals surface area contributed by atoms with E-state index in [1.807, 2.05) is 132 Å². The Labute approximate surface area is 718 Å². The second-order valence-electron chi connectivity index (χ2n) is 33.5. The Bertz CT molecular complexity index is 5200. The van der Waals surface area contributed by atoms with Crippen LogP contribution < -0.4 is 29.6 Å². The molecule has 10 rings (SSSR count). The number of rotatable bonds is 42. The summed E-state index contributed by atoms with van der Waals surface area (Å²) in [5.74, 6) is 0.116. The number of anilines is 2. The molecule has 0 aliphatic rings. The first-order valence-corrected chi connectivity index (χ1v) is 42.1. The molecule has 122 heavy (non-hydrogen) atoms. The van der Waals surface area contributed by atoms with Crippen molar-refractivity contribution in [2.45, 2.75) is 179 Å². The van der Waals surface area contributed by atoms with Gasteiger partial charge in [-0.05, 0) is 271 Å². The fourth-order valence-corrected chi connectivity index (χ4v) is 12.3. The topological polar surface area (TPSA) is 250 Å². The molecule has 10 aromatic carbocycles. The maximum atomic E-state index is 12.9. The number of nitrogens with zero attached hydrogens (tertiary/aromatic N) is 4. The van der Waals surface area contributed by atoms with Gasteiger partial charge in [0, 0.05) is 57.2 Å². The highest BCUT2D eigenvalue weighted by Gasteiger charge is 2.41. The first-order valence-electron chi connectivity index (χ1n) is 42.1. The predicted octanol–water partition coefficient (Wildman–Crippen LogP) is 25.9. The number of carbonyl (C=O) groups excluding carboxylic acids is 6. The third kappa shape index (κ3) is 28.6. The second kappa shape index (κ2) is 45.7. The molecule has 20 heteroatoms. The lowest BCUT2D eigenvalue weighted by Gasteiger charge is -2.39. The average molecular weight is 1650 g/mol. The van der Waals surface area contributed by atoms with Gasteiger partial charge < -0.3 is 48.5 Å². The van der Waals surface area contributed by atoms with E-state index in [-0.39, 0.29) is 34.2 Å². The third-order valence-corrected chi connectivity index (χ3v) is 22.0. The molecule has 0 bridgehead atoms. The van der Waals surface area contributed by atoms with Crippen LogP contribution in [0.5, 0.6) is 23.0 Å². The fourth-order valence-electron chi connectivity index (χ4n) is 12.3. The van der Waals surface area contributed by atoms with Crippen molar-refractivity contribution in [2.75, 3.05) is 50.3 Å². The van der Waals surface area contributed by atoms with E-state index in [1.54, 1.807) is 111 Å². The lowest BCUT2D eigenvalue weighted by atomic mass is 9.65. The van der Waals surface area contributed by atoms with E-state index in [2.05, 4.69) is 103 Å². The van der Waals surface area contributed by atoms with Gasteiger partial charge in [-0.3, -0.25) is 4.79 Å². The van der Waals surface area contributed by atoms with Gasteiger partial charge in [-0.2, -0.15) is 10.2 Å². The average Bonchev–Trinajstić information content (AvgIpc) is 0.801. The number of unbranched alkanes of at least 4 members (excludes halogenated alkanes) is 9. The Balaban J connectivity index is 0.000000282. The summed E-state index contributed by atoms with van der Waals surface area (Å²) in [5.41, 5.74) is 9.69. The van der Waals surface area contributed by atoms with Gasteiger partial charge in [0.15, 0.2) is 0 Å². The van der Waals surface area contributed by atoms with Crippen molar-refractivity contribution in [3.05, 3.63) is 276 Å². The minimum absolute atomic E-state index is 0.0248. The largest absolute Gasteiger partial charge is 0.494 e. The molecule has 0 unspecified atom stereocenters. The summed E-state index contributed by atoms with van der Waals surface area (Å²) in [7, 11) is 0. The van der Waals surface area contributed by atoms with Crippen LogP contribution in [-0.4, -0.2) is 75.5 Å². The second-order valence-corrected chi connectivity index (χ2v) is 33.5. The summed E-state index contributed by atoms with van der Waals surface area (Å²) in [6.45, 7) is 35.5. The highest BCUT2D eigenvalue weighted by atomic mass is 16.6. The van der Waals surface area contributed by atoms with E-state index < -0.39 is 23.3 Å². The van der Waals surface area contributed by atoms with Gasteiger partial charge in [-0.25, -0.2) is 24.0 Å². The molecule has 0 fully saturated rings. The number of azo groups is 2. The van der Waals surface area contributed by atoms with Gasteiger partial charge in [-0.15, -0.1) is 10.2 Å². The fraction of sp³-hybridized carbons (Fsp3) is 0.353. The summed E-state index contributed by atoms with van der Waals surface area (Å²) in [5, 5.41) is 29.2. The van der Waals surface area contributed by atoms with Crippen LogP contribution in [0.15, 0.2) is 263 Å². The van der Waals surface area contributed by atoms with Gasteiger partial charge >= 0.3 is 35.8 Å². The first kappa shape index (κ1) is 93.3. The van der Waals surface area contributed by atoms with Gasteiger partial charge in [0.2, 0.25) is 0 Å². The van der Waals surface area contributed by atoms with Crippen LogP contribution >= 0.6 is 0 Å². The molecule has 0 aromatic heterocycles. The number of esters is 6. The van der Waals surface area contributed by atoms with Crippen LogP contribution in [0.3, 0.4) is 0 Å². The van der Waals surface area contributed by atoms with Crippen molar-refractivity contribution in [3.8, 4) is 23.0 Å². The number of ether oxygens (including phenoxy) is 8. The first-order chi connectivity index (χ1) is 58.4. The van der Waals surface area contributed by atoms with Crippen LogP contribution in [0, 0.1) is 16.2 Å². The minimum atomic E-state index is -0.560. The highest BCUT2D eigenvalue weighted by Crippen LogP contribution is 2.43. The summed E-state index contributed by atoms with van der Waals surface area (Å²) in [6.07, 6.45) is 10.4. The zero-order valence-electron chi connectivity index (χ0n) is 72.8. The van der Waals surface area contributed by atoms with Crippen molar-refractivity contribution in [3.63, 3.8) is 0 Å². The van der Waals surface area contributed by atoms with Crippen molar-refractivity contribution in [2.24, 2.45) is 36.7 Å². The van der Waals surface area contributed by atoms with Gasteiger partial charge in [0.05, 0.1) is 84.5 Å². The number of hydrogen-bond donors (Lipinski definition) is 2. The third-order valence-electron chi connectivity index (χ3n) is 22.0. The number of hydrogen-bond acceptors (Lipinski definition) is 20. The zero-order chi connectivity index (χ0) is 87.7. The maximum Gasteiger partial charge on any atom is 0.343 e. The van der Waals surface area contributed by atoms with Crippen molar-refractivity contribution >= 4 is 91.5 Å². The molecular weight excluding hydrogens is 1530 g/mol. The Kier molecular flexibility index (Phi) is 35.0. The zero-order valence-corrected chi connectivity index (χ0v) is 72.8. The minimum Gasteiger partial charge on any atom is -0.494 e. The maximum absolute atomic E-state index is 12.9. The van der Waals surface area contributed by atoms with Gasteiger partial charge in [-0.1, -0.05) is 153 Å². The molecule has 0 saturated carbocycles. The van der Waals surface area contributed by atoms with Gasteiger partial charge in [0.1, 0.15) is 23.0 Å². The van der Waals surface area contributed by atoms with Crippen LogP contribution in [0.25, 0.3) is 21.5 Å². The number of benzene rings is 10. The summed E-state index contributed by atoms with van der Waals surface area (Å²) < 4.78 is 44.1. The van der Waals surface area contributed by atoms with Crippen LogP contribution in [0.2, 0.25) is 0 Å². The smallest absolute Gasteiger partial charge is 0.343 e. The molecule has 20 nitrogen and oxygen atoms in total. The molecule has 0 amide bonds. The SMILES string of the molecule is C=C(C)C(=O)OCCCCCCOc1ccc(C(=O)Oc2ccc(CNc3ccc(N=Nc4ccc(C(=O)OCCCCCCOC(=O)C(C)(C)C(C)(C)C)cc4)c4ccccc34)cc2)cc1.C=C(C)C(=O)OCCCCCCOc1ccc(C(=O)Oc2ccc(CNc3ccc(N=Nc4ccc(C(C)(C)C(C)(C)C)cc4)c4ccccc34)cc2)cc1. The Morgan fingerprint density at radius 1 is 0.328 bits per heavy atom. The summed E-state index contributed by atoms with van der Waals surface area (Å²) >= 11 is 0. The highest BCUT2D eigenvalue weighted by molar-refractivity contribution is 6.02. The van der Waals surface area contributed by atoms with Crippen LogP contribution in [0.4, 0.5) is 34.1 Å². The Hall–Kier alpha value is -12.6. The molecule has 0 saturated heterocycles. The molecule has 0 aliphatic heterocycles. The Morgan fingerprint density at radius 3 is 1.04 bits per heavy atom. The molecule has 0 heterocycles. The van der Waals surface area contributed by atoms with E-state index in [9.17, 15) is 28.8 Å². The standard InChI is InChI=1S/C55H65N3O9.C47H53N3O5/c1-39(2)50(59)64-35-15-9-8-14-34-63-44-30-24-42(25-31-44)52(61)67-45-28-20-40(21-29-45)38-56-48-32-33-49(47-19-13-12-18-46(47)48)58-57-43-26-22-41(23-27-43)51(60)65-36-16-10-11-17-37-66-53(62)55(6,7)54(3,4)5;1-33(2)44(51)54-31-13-9-8-12-30-53-38-26-18-35(19-27-38)45(52)55-39-24-16-34(17-25-39)32-48-42-28-29-43(41-15-11-10-14-40(41)42)50-49-37-22-20-36(21-23-37)47(6,7)46(3,4)5/h12-13,18-33,56H,1,8-11,14-17,34-38H2,2-7H3;10-11,14-29,48H,1,8-9,12-13,30-32H2,2-7H3. The number of fused-ring (bicyclic) bond motifs is 2. The van der Waals surface area contributed by atoms with E-state index >= 15 is 0 Å². The van der Waals surface area contributed by atoms with Crippen molar-refractivity contribution in [1.29, 1.82) is 0 Å². The van der Waals surface area contributed by atoms with E-state index in [0.29, 0.717) is 115 Å². The molecular formula is C102H118N6O14. The van der Waals surface area contributed by atoms with Gasteiger partial charge in [0.25, 0.3) is 0 Å². The summed E-state index contributed by atoms with van der Waals surface area (Å²) in [6, 6.07) is 68.0. The van der Waals surface area contributed by atoms with Crippen molar-refractivity contribution < 1.29 is 66.7 Å². The molecule has 0 aliphatic carbocycles. The van der Waals surface area contributed by atoms with Crippen LogP contribution in [-0.2, 0) is 51.8 Å².